The SMILES string of the molecule is CCN(CC)c1ccc(/C=C(/C#N)C(=O)Nc2ccc(Br)cc2)c(O)c1. The summed E-state index contributed by atoms with van der Waals surface area (Å²) < 4.78 is 0.893. The molecule has 0 spiro atoms. The molecule has 0 radical (unpaired) electrons. The number of nitrogens with zero attached hydrogens (tertiary/aromatic N) is 2. The summed E-state index contributed by atoms with van der Waals surface area (Å²) in [5.41, 5.74) is 1.81. The van der Waals surface area contributed by atoms with Gasteiger partial charge in [-0.1, -0.05) is 15.9 Å². The minimum absolute atomic E-state index is 0.0265. The summed E-state index contributed by atoms with van der Waals surface area (Å²) in [6.07, 6.45) is 1.38. The van der Waals surface area contributed by atoms with Crippen molar-refractivity contribution < 1.29 is 9.90 Å². The van der Waals surface area contributed by atoms with Crippen molar-refractivity contribution in [1.82, 2.24) is 0 Å². The number of rotatable bonds is 6. The van der Waals surface area contributed by atoms with E-state index in [-0.39, 0.29) is 11.3 Å². The lowest BCUT2D eigenvalue weighted by molar-refractivity contribution is -0.112. The number of nitrogens with one attached hydrogen (secondary N) is 1. The fraction of sp³-hybridized carbons (Fsp3) is 0.200. The molecule has 6 heteroatoms. The molecule has 2 aromatic rings. The van der Waals surface area contributed by atoms with Gasteiger partial charge in [-0.05, 0) is 56.3 Å². The number of halogens is 1. The number of hydrogen-bond acceptors (Lipinski definition) is 4. The highest BCUT2D eigenvalue weighted by atomic mass is 79.9. The largest absolute Gasteiger partial charge is 0.507 e. The van der Waals surface area contributed by atoms with Gasteiger partial charge in [0.15, 0.2) is 0 Å². The molecule has 5 nitrogen and oxygen atoms in total. The van der Waals surface area contributed by atoms with E-state index in [2.05, 4.69) is 26.1 Å². The molecule has 0 heterocycles. The van der Waals surface area contributed by atoms with Crippen LogP contribution in [-0.4, -0.2) is 24.1 Å². The molecule has 0 aliphatic carbocycles. The first-order chi connectivity index (χ1) is 12.5. The van der Waals surface area contributed by atoms with Gasteiger partial charge in [0.05, 0.1) is 0 Å². The normalized spacial score (nSPS) is 10.9. The van der Waals surface area contributed by atoms with E-state index >= 15 is 0 Å². The molecule has 2 aromatic carbocycles. The lowest BCUT2D eigenvalue weighted by Gasteiger charge is -2.21. The number of nitriles is 1. The van der Waals surface area contributed by atoms with Crippen molar-refractivity contribution in [2.24, 2.45) is 0 Å². The average Bonchev–Trinajstić information content (AvgIpc) is 2.64. The third-order valence-electron chi connectivity index (χ3n) is 3.91. The maximum absolute atomic E-state index is 12.3. The summed E-state index contributed by atoms with van der Waals surface area (Å²) in [4.78, 5) is 14.4. The molecular weight excluding hydrogens is 394 g/mol. The molecule has 0 fully saturated rings. The van der Waals surface area contributed by atoms with Crippen molar-refractivity contribution in [2.45, 2.75) is 13.8 Å². The summed E-state index contributed by atoms with van der Waals surface area (Å²) in [6.45, 7) is 5.72. The molecule has 0 saturated carbocycles. The number of anilines is 2. The van der Waals surface area contributed by atoms with Gasteiger partial charge in [0.2, 0.25) is 0 Å². The Bertz CT molecular complexity index is 850. The predicted molar refractivity (Wildman–Crippen MR) is 108 cm³/mol. The van der Waals surface area contributed by atoms with Crippen LogP contribution in [0.15, 0.2) is 52.5 Å². The van der Waals surface area contributed by atoms with Gasteiger partial charge < -0.3 is 15.3 Å². The number of benzene rings is 2. The van der Waals surface area contributed by atoms with Gasteiger partial charge in [-0.25, -0.2) is 0 Å². The first-order valence-electron chi connectivity index (χ1n) is 8.25. The second-order valence-electron chi connectivity index (χ2n) is 5.55. The van der Waals surface area contributed by atoms with E-state index in [9.17, 15) is 15.2 Å². The highest BCUT2D eigenvalue weighted by Gasteiger charge is 2.12. The average molecular weight is 414 g/mol. The van der Waals surface area contributed by atoms with E-state index in [1.54, 1.807) is 36.4 Å². The Hall–Kier alpha value is -2.78. The van der Waals surface area contributed by atoms with Gasteiger partial charge in [0.25, 0.3) is 5.91 Å². The number of phenolic OH excluding ortho intramolecular Hbond substituents is 1. The van der Waals surface area contributed by atoms with Crippen LogP contribution in [-0.2, 0) is 4.79 Å². The third-order valence-corrected chi connectivity index (χ3v) is 4.44. The van der Waals surface area contributed by atoms with E-state index in [0.29, 0.717) is 11.3 Å². The zero-order chi connectivity index (χ0) is 19.1. The molecule has 0 unspecified atom stereocenters. The molecule has 0 saturated heterocycles. The van der Waals surface area contributed by atoms with Crippen molar-refractivity contribution in [3.63, 3.8) is 0 Å². The quantitative estimate of drug-likeness (QED) is 0.537. The van der Waals surface area contributed by atoms with Gasteiger partial charge in [-0.3, -0.25) is 4.79 Å². The highest BCUT2D eigenvalue weighted by Crippen LogP contribution is 2.26. The fourth-order valence-corrected chi connectivity index (χ4v) is 2.74. The zero-order valence-electron chi connectivity index (χ0n) is 14.7. The molecule has 0 bridgehead atoms. The van der Waals surface area contributed by atoms with Crippen LogP contribution in [0.2, 0.25) is 0 Å². The molecule has 0 aliphatic rings. The molecule has 2 rings (SSSR count). The Labute approximate surface area is 161 Å². The molecule has 134 valence electrons. The fourth-order valence-electron chi connectivity index (χ4n) is 2.48. The van der Waals surface area contributed by atoms with Crippen LogP contribution in [0.3, 0.4) is 0 Å². The minimum Gasteiger partial charge on any atom is -0.507 e. The third kappa shape index (κ3) is 4.87. The van der Waals surface area contributed by atoms with Crippen molar-refractivity contribution in [1.29, 1.82) is 5.26 Å². The maximum atomic E-state index is 12.3. The topological polar surface area (TPSA) is 76.4 Å². The van der Waals surface area contributed by atoms with Crippen molar-refractivity contribution in [2.75, 3.05) is 23.3 Å². The Balaban J connectivity index is 2.23. The first-order valence-corrected chi connectivity index (χ1v) is 9.04. The van der Waals surface area contributed by atoms with Crippen LogP contribution in [0.25, 0.3) is 6.08 Å². The minimum atomic E-state index is -0.526. The number of carbonyl (C=O) groups excluding carboxylic acids is 1. The van der Waals surface area contributed by atoms with Gasteiger partial charge in [-0.15, -0.1) is 0 Å². The smallest absolute Gasteiger partial charge is 0.266 e. The molecule has 1 amide bonds. The van der Waals surface area contributed by atoms with Gasteiger partial charge >= 0.3 is 0 Å². The van der Waals surface area contributed by atoms with E-state index in [1.165, 1.54) is 6.08 Å². The Morgan fingerprint density at radius 2 is 1.88 bits per heavy atom. The standard InChI is InChI=1S/C20H20BrN3O2/c1-3-24(4-2)18-10-5-14(19(25)12-18)11-15(13-22)20(26)23-17-8-6-16(21)7-9-17/h5-12,25H,3-4H2,1-2H3,(H,23,26)/b15-11-. The molecular formula is C20H20BrN3O2. The lowest BCUT2D eigenvalue weighted by atomic mass is 10.1. The lowest BCUT2D eigenvalue weighted by Crippen LogP contribution is -2.21. The summed E-state index contributed by atoms with van der Waals surface area (Å²) in [7, 11) is 0. The Kier molecular flexibility index (Phi) is 6.81. The molecule has 0 aliphatic heterocycles. The van der Waals surface area contributed by atoms with E-state index in [0.717, 1.165) is 23.2 Å². The summed E-state index contributed by atoms with van der Waals surface area (Å²) >= 11 is 3.33. The van der Waals surface area contributed by atoms with Crippen LogP contribution < -0.4 is 10.2 Å². The molecule has 0 atom stereocenters. The number of phenols is 1. The van der Waals surface area contributed by atoms with Gasteiger partial charge in [0.1, 0.15) is 17.4 Å². The molecule has 0 aromatic heterocycles. The van der Waals surface area contributed by atoms with Crippen LogP contribution in [0.4, 0.5) is 11.4 Å². The van der Waals surface area contributed by atoms with Crippen LogP contribution in [0, 0.1) is 11.3 Å². The highest BCUT2D eigenvalue weighted by molar-refractivity contribution is 9.10. The second kappa shape index (κ2) is 9.07. The van der Waals surface area contributed by atoms with Crippen LogP contribution in [0.1, 0.15) is 19.4 Å². The van der Waals surface area contributed by atoms with Crippen LogP contribution in [0.5, 0.6) is 5.75 Å². The summed E-state index contributed by atoms with van der Waals surface area (Å²) in [5.74, 6) is -0.499. The van der Waals surface area contributed by atoms with E-state index in [1.807, 2.05) is 26.0 Å². The van der Waals surface area contributed by atoms with E-state index < -0.39 is 5.91 Å². The summed E-state index contributed by atoms with van der Waals surface area (Å²) in [5, 5.41) is 22.2. The summed E-state index contributed by atoms with van der Waals surface area (Å²) in [6, 6.07) is 14.1. The Morgan fingerprint density at radius 1 is 1.23 bits per heavy atom. The Morgan fingerprint density at radius 3 is 2.42 bits per heavy atom. The van der Waals surface area contributed by atoms with Crippen LogP contribution >= 0.6 is 15.9 Å². The number of aromatic hydroxyl groups is 1. The van der Waals surface area contributed by atoms with Gasteiger partial charge in [-0.2, -0.15) is 5.26 Å². The van der Waals surface area contributed by atoms with E-state index in [4.69, 9.17) is 0 Å². The monoisotopic (exact) mass is 413 g/mol. The van der Waals surface area contributed by atoms with Gasteiger partial charge in [0, 0.05) is 40.6 Å². The number of carbonyl (C=O) groups is 1. The molecule has 2 N–H and O–H groups in total. The van der Waals surface area contributed by atoms with Crippen molar-refractivity contribution in [3.8, 4) is 11.8 Å². The number of hydrogen-bond donors (Lipinski definition) is 2. The zero-order valence-corrected chi connectivity index (χ0v) is 16.2. The second-order valence-corrected chi connectivity index (χ2v) is 6.46. The number of amides is 1. The van der Waals surface area contributed by atoms with Crippen molar-refractivity contribution in [3.05, 3.63) is 58.1 Å². The van der Waals surface area contributed by atoms with Crippen molar-refractivity contribution >= 4 is 39.3 Å². The first kappa shape index (κ1) is 19.5. The predicted octanol–water partition coefficient (Wildman–Crippen LogP) is 4.55. The maximum Gasteiger partial charge on any atom is 0.266 e. The molecule has 26 heavy (non-hydrogen) atoms.